The second-order valence-corrected chi connectivity index (χ2v) is 6.41. The molecule has 0 radical (unpaired) electrons. The molecule has 2 fully saturated rings. The van der Waals surface area contributed by atoms with Crippen LogP contribution in [0.2, 0.25) is 0 Å². The smallest absolute Gasteiger partial charge is 0.309 e. The van der Waals surface area contributed by atoms with E-state index < -0.39 is 10.4 Å². The Labute approximate surface area is 104 Å². The van der Waals surface area contributed by atoms with E-state index in [1.807, 2.05) is 0 Å². The van der Waals surface area contributed by atoms with Crippen LogP contribution in [0.1, 0.15) is 46.0 Å². The average molecular weight is 265 g/mol. The Morgan fingerprint density at radius 1 is 1.35 bits per heavy atom. The van der Waals surface area contributed by atoms with Gasteiger partial charge in [0, 0.05) is 11.6 Å². The first-order valence-electron chi connectivity index (χ1n) is 6.07. The third-order valence-corrected chi connectivity index (χ3v) is 4.45. The van der Waals surface area contributed by atoms with Gasteiger partial charge in [0.25, 0.3) is 0 Å². The maximum Gasteiger partial charge on any atom is 0.397 e. The predicted molar refractivity (Wildman–Crippen MR) is 66.1 cm³/mol. The highest BCUT2D eigenvalue weighted by Crippen LogP contribution is 2.37. The maximum atomic E-state index is 9.33. The Morgan fingerprint density at radius 3 is 2.41 bits per heavy atom. The van der Waals surface area contributed by atoms with E-state index in [1.165, 1.54) is 32.1 Å². The van der Waals surface area contributed by atoms with Gasteiger partial charge in [-0.1, -0.05) is 13.3 Å². The van der Waals surface area contributed by atoms with Gasteiger partial charge in [-0.3, -0.25) is 8.74 Å². The zero-order valence-corrected chi connectivity index (χ0v) is 11.6. The monoisotopic (exact) mass is 265 g/mol. The summed E-state index contributed by atoms with van der Waals surface area (Å²) in [5.74, 6) is 0.888. The van der Waals surface area contributed by atoms with Crippen LogP contribution >= 0.6 is 0 Å². The molecular formula is C11H23NO4S. The molecular weight excluding hydrogens is 242 g/mol. The lowest BCUT2D eigenvalue weighted by Gasteiger charge is -2.48. The van der Waals surface area contributed by atoms with Crippen molar-refractivity contribution in [3.63, 3.8) is 0 Å². The summed E-state index contributed by atoms with van der Waals surface area (Å²) in [5, 5.41) is 3.78. The van der Waals surface area contributed by atoms with E-state index >= 15 is 0 Å². The molecule has 5 nitrogen and oxygen atoms in total. The number of piperidine rings is 2. The number of hydrogen-bond acceptors (Lipinski definition) is 4. The summed E-state index contributed by atoms with van der Waals surface area (Å²) in [6.07, 6.45) is 7.11. The fourth-order valence-corrected chi connectivity index (χ4v) is 2.70. The van der Waals surface area contributed by atoms with Crippen LogP contribution in [-0.4, -0.2) is 31.7 Å². The van der Waals surface area contributed by atoms with E-state index in [1.54, 1.807) is 0 Å². The molecule has 3 unspecified atom stereocenters. The molecule has 2 bridgehead atoms. The van der Waals surface area contributed by atoms with E-state index in [9.17, 15) is 8.42 Å². The molecule has 0 aromatic heterocycles. The highest BCUT2D eigenvalue weighted by molar-refractivity contribution is 7.80. The second kappa shape index (κ2) is 5.65. The first-order valence-corrected chi connectivity index (χ1v) is 7.44. The molecule has 2 N–H and O–H groups in total. The summed E-state index contributed by atoms with van der Waals surface area (Å²) in [6, 6.07) is 0.852. The van der Waals surface area contributed by atoms with Gasteiger partial charge < -0.3 is 5.32 Å². The fraction of sp³-hybridized carbons (Fsp3) is 1.00. The molecule has 2 aliphatic heterocycles. The topological polar surface area (TPSA) is 75.6 Å². The highest BCUT2D eigenvalue weighted by atomic mass is 32.3. The molecule has 0 saturated carbocycles. The molecule has 6 heteroatoms. The highest BCUT2D eigenvalue weighted by Gasteiger charge is 2.39. The van der Waals surface area contributed by atoms with Crippen molar-refractivity contribution in [1.82, 2.24) is 5.32 Å². The Hall–Kier alpha value is -0.170. The van der Waals surface area contributed by atoms with Crippen molar-refractivity contribution in [3.8, 4) is 0 Å². The van der Waals surface area contributed by atoms with E-state index in [-0.39, 0.29) is 0 Å². The van der Waals surface area contributed by atoms with E-state index in [0.717, 1.165) is 19.1 Å². The second-order valence-electron chi connectivity index (χ2n) is 5.22. The van der Waals surface area contributed by atoms with E-state index in [4.69, 9.17) is 4.55 Å². The van der Waals surface area contributed by atoms with Gasteiger partial charge in [0.05, 0.1) is 7.11 Å². The molecule has 0 aliphatic carbocycles. The minimum atomic E-state index is -4.16. The molecule has 0 aromatic carbocycles. The quantitative estimate of drug-likeness (QED) is 0.706. The molecule has 0 amide bonds. The lowest BCUT2D eigenvalue weighted by molar-refractivity contribution is 0.100. The standard InChI is InChI=1S/C10H19N.CH4O4S/c1-8-5-6-9-4-3-7-10(8,2)11-9;1-5-6(2,3)4/h8-9,11H,3-7H2,1-2H3;1H3,(H,2,3,4). The predicted octanol–water partition coefficient (Wildman–Crippen LogP) is 1.75. The van der Waals surface area contributed by atoms with Gasteiger partial charge in [-0.25, -0.2) is 0 Å². The number of nitrogens with one attached hydrogen (secondary N) is 1. The molecule has 2 rings (SSSR count). The number of fused-ring (bicyclic) bond motifs is 2. The summed E-state index contributed by atoms with van der Waals surface area (Å²) < 4.78 is 29.7. The van der Waals surface area contributed by atoms with Gasteiger partial charge >= 0.3 is 10.4 Å². The first-order chi connectivity index (χ1) is 7.77. The molecule has 2 heterocycles. The van der Waals surface area contributed by atoms with Crippen LogP contribution in [0.3, 0.4) is 0 Å². The molecule has 0 aromatic rings. The average Bonchev–Trinajstić information content (AvgIpc) is 2.24. The van der Waals surface area contributed by atoms with Crippen molar-refractivity contribution in [3.05, 3.63) is 0 Å². The van der Waals surface area contributed by atoms with Gasteiger partial charge in [-0.05, 0) is 38.5 Å². The van der Waals surface area contributed by atoms with Crippen molar-refractivity contribution >= 4 is 10.4 Å². The number of hydrogen-bond donors (Lipinski definition) is 2. The normalized spacial score (nSPS) is 36.9. The molecule has 17 heavy (non-hydrogen) atoms. The van der Waals surface area contributed by atoms with Crippen molar-refractivity contribution in [2.45, 2.75) is 57.5 Å². The van der Waals surface area contributed by atoms with Crippen molar-refractivity contribution in [2.24, 2.45) is 5.92 Å². The van der Waals surface area contributed by atoms with Gasteiger partial charge in [0.1, 0.15) is 0 Å². The van der Waals surface area contributed by atoms with Crippen LogP contribution in [0.5, 0.6) is 0 Å². The van der Waals surface area contributed by atoms with Crippen molar-refractivity contribution < 1.29 is 17.2 Å². The Bertz CT molecular complexity index is 343. The van der Waals surface area contributed by atoms with Crippen LogP contribution < -0.4 is 5.32 Å². The third-order valence-electron chi connectivity index (χ3n) is 4.03. The molecule has 102 valence electrons. The lowest BCUT2D eigenvalue weighted by Crippen LogP contribution is -2.58. The van der Waals surface area contributed by atoms with Gasteiger partial charge in [0.2, 0.25) is 0 Å². The Morgan fingerprint density at radius 2 is 1.94 bits per heavy atom. The first kappa shape index (κ1) is 14.9. The molecule has 2 aliphatic rings. The lowest BCUT2D eigenvalue weighted by atomic mass is 9.71. The summed E-state index contributed by atoms with van der Waals surface area (Å²) in [6.45, 7) is 4.80. The number of rotatable bonds is 1. The minimum Gasteiger partial charge on any atom is -0.309 e. The van der Waals surface area contributed by atoms with E-state index in [2.05, 4.69) is 23.3 Å². The summed E-state index contributed by atoms with van der Waals surface area (Å²) >= 11 is 0. The van der Waals surface area contributed by atoms with Crippen LogP contribution in [0.25, 0.3) is 0 Å². The Balaban J connectivity index is 0.000000209. The minimum absolute atomic E-state index is 0.487. The van der Waals surface area contributed by atoms with Crippen LogP contribution in [0.4, 0.5) is 0 Å². The van der Waals surface area contributed by atoms with E-state index in [0.29, 0.717) is 5.54 Å². The molecule has 3 atom stereocenters. The molecule has 2 saturated heterocycles. The third kappa shape index (κ3) is 4.54. The van der Waals surface area contributed by atoms with Gasteiger partial charge in [0.15, 0.2) is 0 Å². The van der Waals surface area contributed by atoms with Crippen LogP contribution in [0, 0.1) is 5.92 Å². The zero-order chi connectivity index (χ0) is 13.1. The SMILES string of the molecule is CC1CCC2CCCC1(C)N2.COS(=O)(=O)O. The maximum absolute atomic E-state index is 9.33. The van der Waals surface area contributed by atoms with Crippen molar-refractivity contribution in [1.29, 1.82) is 0 Å². The van der Waals surface area contributed by atoms with Gasteiger partial charge in [-0.2, -0.15) is 8.42 Å². The fourth-order valence-electron chi connectivity index (χ4n) is 2.70. The summed E-state index contributed by atoms with van der Waals surface area (Å²) in [7, 11) is -3.29. The summed E-state index contributed by atoms with van der Waals surface area (Å²) in [5.41, 5.74) is 0.487. The largest absolute Gasteiger partial charge is 0.397 e. The summed E-state index contributed by atoms with van der Waals surface area (Å²) in [4.78, 5) is 0. The Kier molecular flexibility index (Phi) is 4.95. The zero-order valence-electron chi connectivity index (χ0n) is 10.8. The van der Waals surface area contributed by atoms with Crippen LogP contribution in [0.15, 0.2) is 0 Å². The van der Waals surface area contributed by atoms with Crippen LogP contribution in [-0.2, 0) is 14.6 Å². The molecule has 0 spiro atoms. The van der Waals surface area contributed by atoms with Gasteiger partial charge in [-0.15, -0.1) is 0 Å². The van der Waals surface area contributed by atoms with Crippen molar-refractivity contribution in [2.75, 3.05) is 7.11 Å².